The van der Waals surface area contributed by atoms with Crippen LogP contribution < -0.4 is 9.64 Å². The van der Waals surface area contributed by atoms with Gasteiger partial charge in [-0.05, 0) is 36.8 Å². The first-order valence-corrected chi connectivity index (χ1v) is 11.6. The number of hydrogen-bond donors (Lipinski definition) is 0. The summed E-state index contributed by atoms with van der Waals surface area (Å²) in [5.74, 6) is -1.23. The number of halogens is 1. The summed E-state index contributed by atoms with van der Waals surface area (Å²) < 4.78 is 15.4. The van der Waals surface area contributed by atoms with Crippen LogP contribution in [-0.4, -0.2) is 61.6 Å². The van der Waals surface area contributed by atoms with Crippen LogP contribution >= 0.6 is 11.6 Å². The summed E-state index contributed by atoms with van der Waals surface area (Å²) in [7, 11) is 0. The molecule has 0 unspecified atom stereocenters. The molecule has 9 nitrogen and oxygen atoms in total. The van der Waals surface area contributed by atoms with Crippen molar-refractivity contribution in [2.75, 3.05) is 37.8 Å². The second-order valence-electron chi connectivity index (χ2n) is 7.76. The fourth-order valence-electron chi connectivity index (χ4n) is 3.58. The fourth-order valence-corrected chi connectivity index (χ4v) is 3.83. The number of carbonyl (C=O) groups is 4. The van der Waals surface area contributed by atoms with Crippen molar-refractivity contribution in [3.8, 4) is 5.75 Å². The Balaban J connectivity index is 1.76. The molecule has 2 amide bonds. The minimum absolute atomic E-state index is 0.171. The second kappa shape index (κ2) is 12.2. The summed E-state index contributed by atoms with van der Waals surface area (Å²) in [6.07, 6.45) is 0.507. The van der Waals surface area contributed by atoms with Crippen molar-refractivity contribution < 1.29 is 33.4 Å². The van der Waals surface area contributed by atoms with Gasteiger partial charge in [0.15, 0.2) is 0 Å². The number of nitrogens with zero attached hydrogens (tertiary/aromatic N) is 2. The SMILES string of the molecule is CCOC(=O)CN1Cc2ccccc2N(C(=O)c2ccc(OCCCOC(C)=O)cc2Cl)CC1=O. The van der Waals surface area contributed by atoms with E-state index in [9.17, 15) is 19.2 Å². The molecule has 0 spiro atoms. The summed E-state index contributed by atoms with van der Waals surface area (Å²) in [6.45, 7) is 3.52. The third-order valence-corrected chi connectivity index (χ3v) is 5.51. The number of para-hydroxylation sites is 1. The van der Waals surface area contributed by atoms with Crippen molar-refractivity contribution in [3.63, 3.8) is 0 Å². The molecule has 2 aromatic rings. The van der Waals surface area contributed by atoms with Crippen LogP contribution in [0, 0.1) is 0 Å². The molecule has 1 heterocycles. The van der Waals surface area contributed by atoms with Crippen molar-refractivity contribution in [1.82, 2.24) is 4.90 Å². The first-order valence-electron chi connectivity index (χ1n) is 11.2. The molecule has 35 heavy (non-hydrogen) atoms. The van der Waals surface area contributed by atoms with Crippen LogP contribution in [0.2, 0.25) is 5.02 Å². The molecule has 0 saturated heterocycles. The van der Waals surface area contributed by atoms with Gasteiger partial charge in [-0.1, -0.05) is 29.8 Å². The topological polar surface area (TPSA) is 102 Å². The number of benzene rings is 2. The molecule has 0 N–H and O–H groups in total. The first kappa shape index (κ1) is 26.0. The monoisotopic (exact) mass is 502 g/mol. The number of hydrogen-bond acceptors (Lipinski definition) is 7. The molecule has 0 aromatic heterocycles. The first-order chi connectivity index (χ1) is 16.8. The predicted octanol–water partition coefficient (Wildman–Crippen LogP) is 3.22. The number of rotatable bonds is 9. The Morgan fingerprint density at radius 3 is 2.51 bits per heavy atom. The highest BCUT2D eigenvalue weighted by atomic mass is 35.5. The highest BCUT2D eigenvalue weighted by Crippen LogP contribution is 2.30. The van der Waals surface area contributed by atoms with Crippen molar-refractivity contribution in [3.05, 3.63) is 58.6 Å². The van der Waals surface area contributed by atoms with E-state index in [1.807, 2.05) is 0 Å². The summed E-state index contributed by atoms with van der Waals surface area (Å²) in [5.41, 5.74) is 1.50. The van der Waals surface area contributed by atoms with E-state index in [-0.39, 0.29) is 55.3 Å². The van der Waals surface area contributed by atoms with E-state index in [0.29, 0.717) is 24.5 Å². The summed E-state index contributed by atoms with van der Waals surface area (Å²) >= 11 is 6.41. The van der Waals surface area contributed by atoms with Gasteiger partial charge in [0.1, 0.15) is 18.8 Å². The van der Waals surface area contributed by atoms with Crippen LogP contribution in [0.3, 0.4) is 0 Å². The highest BCUT2D eigenvalue weighted by molar-refractivity contribution is 6.34. The molecule has 0 bridgehead atoms. The fraction of sp³-hybridized carbons (Fsp3) is 0.360. The summed E-state index contributed by atoms with van der Waals surface area (Å²) in [6, 6.07) is 11.8. The van der Waals surface area contributed by atoms with Crippen LogP contribution in [0.15, 0.2) is 42.5 Å². The van der Waals surface area contributed by atoms with Crippen LogP contribution in [0.4, 0.5) is 5.69 Å². The zero-order chi connectivity index (χ0) is 25.4. The summed E-state index contributed by atoms with van der Waals surface area (Å²) in [5, 5.41) is 0.171. The predicted molar refractivity (Wildman–Crippen MR) is 128 cm³/mol. The lowest BCUT2D eigenvalue weighted by Gasteiger charge is -2.23. The van der Waals surface area contributed by atoms with Crippen LogP contribution in [0.25, 0.3) is 0 Å². The molecule has 0 aliphatic carbocycles. The molecule has 3 rings (SSSR count). The maximum atomic E-state index is 13.5. The minimum Gasteiger partial charge on any atom is -0.493 e. The molecule has 0 atom stereocenters. The molecule has 1 aliphatic rings. The van der Waals surface area contributed by atoms with E-state index in [1.165, 1.54) is 22.8 Å². The van der Waals surface area contributed by atoms with Crippen molar-refractivity contribution in [1.29, 1.82) is 0 Å². The van der Waals surface area contributed by atoms with E-state index in [2.05, 4.69) is 0 Å². The molecule has 186 valence electrons. The zero-order valence-electron chi connectivity index (χ0n) is 19.6. The number of carbonyl (C=O) groups excluding carboxylic acids is 4. The van der Waals surface area contributed by atoms with E-state index in [1.54, 1.807) is 43.3 Å². The van der Waals surface area contributed by atoms with Gasteiger partial charge in [-0.15, -0.1) is 0 Å². The van der Waals surface area contributed by atoms with Crippen molar-refractivity contribution in [2.45, 2.75) is 26.8 Å². The van der Waals surface area contributed by atoms with Gasteiger partial charge in [0.05, 0.1) is 30.4 Å². The van der Waals surface area contributed by atoms with Crippen LogP contribution in [-0.2, 0) is 30.4 Å². The van der Waals surface area contributed by atoms with Crippen molar-refractivity contribution in [2.24, 2.45) is 0 Å². The van der Waals surface area contributed by atoms with E-state index >= 15 is 0 Å². The number of amides is 2. The Morgan fingerprint density at radius 1 is 1.03 bits per heavy atom. The number of fused-ring (bicyclic) bond motifs is 1. The quantitative estimate of drug-likeness (QED) is 0.383. The number of ether oxygens (including phenoxy) is 3. The van der Waals surface area contributed by atoms with E-state index < -0.39 is 11.9 Å². The van der Waals surface area contributed by atoms with Gasteiger partial charge >= 0.3 is 11.9 Å². The van der Waals surface area contributed by atoms with Crippen LogP contribution in [0.5, 0.6) is 5.75 Å². The molecule has 0 saturated carbocycles. The van der Waals surface area contributed by atoms with Gasteiger partial charge in [-0.25, -0.2) is 0 Å². The molecule has 0 radical (unpaired) electrons. The maximum absolute atomic E-state index is 13.5. The van der Waals surface area contributed by atoms with E-state index in [4.69, 9.17) is 25.8 Å². The smallest absolute Gasteiger partial charge is 0.325 e. The third kappa shape index (κ3) is 6.95. The lowest BCUT2D eigenvalue weighted by molar-refractivity contribution is -0.148. The third-order valence-electron chi connectivity index (χ3n) is 5.19. The Bertz CT molecular complexity index is 1100. The van der Waals surface area contributed by atoms with Gasteiger partial charge < -0.3 is 19.1 Å². The van der Waals surface area contributed by atoms with Gasteiger partial charge in [0.2, 0.25) is 5.91 Å². The summed E-state index contributed by atoms with van der Waals surface area (Å²) in [4.78, 5) is 52.0. The van der Waals surface area contributed by atoms with Crippen molar-refractivity contribution >= 4 is 41.0 Å². The lowest BCUT2D eigenvalue weighted by atomic mass is 10.1. The minimum atomic E-state index is -0.510. The number of anilines is 1. The second-order valence-corrected chi connectivity index (χ2v) is 8.17. The Kier molecular flexibility index (Phi) is 9.08. The van der Waals surface area contributed by atoms with Gasteiger partial charge in [-0.3, -0.25) is 24.1 Å². The Hall–Kier alpha value is -3.59. The molecular formula is C25H27ClN2O7. The van der Waals surface area contributed by atoms with Gasteiger partial charge in [-0.2, -0.15) is 0 Å². The normalized spacial score (nSPS) is 13.1. The Labute approximate surface area is 208 Å². The molecular weight excluding hydrogens is 476 g/mol. The average molecular weight is 503 g/mol. The molecule has 10 heteroatoms. The Morgan fingerprint density at radius 2 is 1.80 bits per heavy atom. The molecule has 0 fully saturated rings. The standard InChI is InChI=1S/C25H27ClN2O7/c1-3-33-24(31)16-27-14-18-7-4-5-8-22(18)28(15-23(27)30)25(32)20-10-9-19(13-21(20)26)35-12-6-11-34-17(2)29/h4-5,7-10,13H,3,6,11-12,14-16H2,1-2H3. The maximum Gasteiger partial charge on any atom is 0.325 e. The van der Waals surface area contributed by atoms with Crippen LogP contribution in [0.1, 0.15) is 36.2 Å². The average Bonchev–Trinajstić information content (AvgIpc) is 2.95. The molecule has 1 aliphatic heterocycles. The largest absolute Gasteiger partial charge is 0.493 e. The molecule has 2 aromatic carbocycles. The van der Waals surface area contributed by atoms with E-state index in [0.717, 1.165) is 5.56 Å². The van der Waals surface area contributed by atoms with Gasteiger partial charge in [0.25, 0.3) is 5.91 Å². The number of esters is 2. The van der Waals surface area contributed by atoms with Gasteiger partial charge in [0, 0.05) is 25.6 Å². The lowest BCUT2D eigenvalue weighted by Crippen LogP contribution is -2.42. The highest BCUT2D eigenvalue weighted by Gasteiger charge is 2.31. The zero-order valence-corrected chi connectivity index (χ0v) is 20.4.